The first-order valence-electron chi connectivity index (χ1n) is 8.72. The fourth-order valence-electron chi connectivity index (χ4n) is 2.91. The van der Waals surface area contributed by atoms with Crippen LogP contribution in [0.5, 0.6) is 5.75 Å². The lowest BCUT2D eigenvalue weighted by molar-refractivity contribution is -0.136. The van der Waals surface area contributed by atoms with E-state index in [1.807, 2.05) is 24.3 Å². The molecule has 7 heteroatoms. The Labute approximate surface area is 150 Å². The fraction of sp³-hybridized carbons (Fsp3) is 0.611. The van der Waals surface area contributed by atoms with Crippen LogP contribution >= 0.6 is 0 Å². The van der Waals surface area contributed by atoms with Gasteiger partial charge >= 0.3 is 0 Å². The van der Waals surface area contributed by atoms with E-state index in [1.165, 1.54) is 5.56 Å². The standard InChI is InChI=1S/C18H28N2O4S/c1-5-25(22,23)19-16-10-11-18(21)20(4)17(16)12-24-15-8-6-14(7-9-15)13(2)3/h6-9,13,16-17,19H,5,10-12H2,1-4H3/t16-,17+/m0/s1. The van der Waals surface area contributed by atoms with E-state index in [2.05, 4.69) is 18.6 Å². The largest absolute Gasteiger partial charge is 0.491 e. The quantitative estimate of drug-likeness (QED) is 0.800. The predicted octanol–water partition coefficient (Wildman–Crippen LogP) is 2.12. The third-order valence-electron chi connectivity index (χ3n) is 4.70. The van der Waals surface area contributed by atoms with E-state index in [-0.39, 0.29) is 30.4 Å². The number of sulfonamides is 1. The zero-order valence-corrected chi connectivity index (χ0v) is 16.2. The van der Waals surface area contributed by atoms with Crippen molar-refractivity contribution in [3.8, 4) is 5.75 Å². The minimum atomic E-state index is -3.33. The van der Waals surface area contributed by atoms with Crippen LogP contribution in [0.1, 0.15) is 45.1 Å². The normalized spacial score (nSPS) is 21.6. The van der Waals surface area contributed by atoms with Gasteiger partial charge < -0.3 is 9.64 Å². The predicted molar refractivity (Wildman–Crippen MR) is 98.2 cm³/mol. The van der Waals surface area contributed by atoms with Gasteiger partial charge in [-0.05, 0) is 37.0 Å². The van der Waals surface area contributed by atoms with E-state index < -0.39 is 10.0 Å². The first-order chi connectivity index (χ1) is 11.7. The molecule has 2 atom stereocenters. The summed E-state index contributed by atoms with van der Waals surface area (Å²) in [7, 11) is -1.64. The molecule has 0 saturated carbocycles. The van der Waals surface area contributed by atoms with Gasteiger partial charge in [-0.3, -0.25) is 4.79 Å². The van der Waals surface area contributed by atoms with Gasteiger partial charge in [-0.1, -0.05) is 26.0 Å². The number of piperidine rings is 1. The highest BCUT2D eigenvalue weighted by Gasteiger charge is 2.36. The van der Waals surface area contributed by atoms with Crippen LogP contribution in [0.15, 0.2) is 24.3 Å². The van der Waals surface area contributed by atoms with Crippen molar-refractivity contribution < 1.29 is 17.9 Å². The molecule has 1 fully saturated rings. The average molecular weight is 368 g/mol. The lowest BCUT2D eigenvalue weighted by atomic mass is 9.97. The summed E-state index contributed by atoms with van der Waals surface area (Å²) in [5.74, 6) is 1.19. The number of rotatable bonds is 7. The number of carbonyl (C=O) groups excluding carboxylic acids is 1. The monoisotopic (exact) mass is 368 g/mol. The second-order valence-corrected chi connectivity index (χ2v) is 8.82. The second-order valence-electron chi connectivity index (χ2n) is 6.77. The van der Waals surface area contributed by atoms with Crippen LogP contribution in [-0.4, -0.2) is 50.7 Å². The van der Waals surface area contributed by atoms with E-state index in [0.29, 0.717) is 24.5 Å². The van der Waals surface area contributed by atoms with Gasteiger partial charge in [0.15, 0.2) is 0 Å². The highest BCUT2D eigenvalue weighted by Crippen LogP contribution is 2.22. The summed E-state index contributed by atoms with van der Waals surface area (Å²) in [5.41, 5.74) is 1.23. The summed E-state index contributed by atoms with van der Waals surface area (Å²) in [6, 6.07) is 7.20. The number of benzene rings is 1. The molecule has 1 aromatic rings. The molecular weight excluding hydrogens is 340 g/mol. The summed E-state index contributed by atoms with van der Waals surface area (Å²) in [4.78, 5) is 13.6. The molecule has 140 valence electrons. The molecule has 1 aliphatic heterocycles. The van der Waals surface area contributed by atoms with Crippen LogP contribution in [-0.2, 0) is 14.8 Å². The molecule has 1 amide bonds. The molecule has 0 unspecified atom stereocenters. The molecule has 1 heterocycles. The summed E-state index contributed by atoms with van der Waals surface area (Å²) in [5, 5.41) is 0. The second kappa shape index (κ2) is 8.19. The Morgan fingerprint density at radius 2 is 1.92 bits per heavy atom. The molecule has 6 nitrogen and oxygen atoms in total. The Bertz CT molecular complexity index is 686. The van der Waals surface area contributed by atoms with Gasteiger partial charge in [0.1, 0.15) is 12.4 Å². The van der Waals surface area contributed by atoms with Crippen LogP contribution in [0, 0.1) is 0 Å². The van der Waals surface area contributed by atoms with E-state index in [0.717, 1.165) is 0 Å². The van der Waals surface area contributed by atoms with Crippen molar-refractivity contribution in [1.82, 2.24) is 9.62 Å². The Morgan fingerprint density at radius 1 is 1.28 bits per heavy atom. The molecule has 2 rings (SSSR count). The van der Waals surface area contributed by atoms with Gasteiger partial charge in [0.25, 0.3) is 0 Å². The number of hydrogen-bond donors (Lipinski definition) is 1. The van der Waals surface area contributed by atoms with Crippen molar-refractivity contribution in [2.24, 2.45) is 0 Å². The lowest BCUT2D eigenvalue weighted by Gasteiger charge is -2.38. The summed E-state index contributed by atoms with van der Waals surface area (Å²) in [6.45, 7) is 6.10. The maximum Gasteiger partial charge on any atom is 0.222 e. The minimum absolute atomic E-state index is 0.00991. The maximum atomic E-state index is 12.0. The Kier molecular flexibility index (Phi) is 6.46. The molecule has 1 saturated heterocycles. The lowest BCUT2D eigenvalue weighted by Crippen LogP contribution is -2.58. The number of nitrogens with one attached hydrogen (secondary N) is 1. The number of ether oxygens (including phenoxy) is 1. The SMILES string of the molecule is CCS(=O)(=O)N[C@H]1CCC(=O)N(C)[C@@H]1COc1ccc(C(C)C)cc1. The maximum absolute atomic E-state index is 12.0. The van der Waals surface area contributed by atoms with Gasteiger partial charge in [0.2, 0.25) is 15.9 Å². The van der Waals surface area contributed by atoms with Crippen LogP contribution in [0.3, 0.4) is 0 Å². The van der Waals surface area contributed by atoms with Crippen LogP contribution in [0.2, 0.25) is 0 Å². The average Bonchev–Trinajstić information content (AvgIpc) is 2.58. The molecule has 0 bridgehead atoms. The highest BCUT2D eigenvalue weighted by molar-refractivity contribution is 7.89. The van der Waals surface area contributed by atoms with E-state index in [4.69, 9.17) is 4.74 Å². The Morgan fingerprint density at radius 3 is 2.48 bits per heavy atom. The molecule has 0 radical (unpaired) electrons. The van der Waals surface area contributed by atoms with Gasteiger partial charge in [-0.2, -0.15) is 0 Å². The van der Waals surface area contributed by atoms with Crippen molar-refractivity contribution in [2.75, 3.05) is 19.4 Å². The molecular formula is C18H28N2O4S. The number of likely N-dealkylation sites (N-methyl/N-ethyl adjacent to an activating group) is 1. The molecule has 1 aromatic carbocycles. The topological polar surface area (TPSA) is 75.7 Å². The number of hydrogen-bond acceptors (Lipinski definition) is 4. The van der Waals surface area contributed by atoms with Gasteiger partial charge in [-0.25, -0.2) is 13.1 Å². The van der Waals surface area contributed by atoms with Crippen molar-refractivity contribution in [3.05, 3.63) is 29.8 Å². The zero-order chi connectivity index (χ0) is 18.6. The van der Waals surface area contributed by atoms with Crippen LogP contribution < -0.4 is 9.46 Å². The number of amides is 1. The van der Waals surface area contributed by atoms with Crippen molar-refractivity contribution >= 4 is 15.9 Å². The van der Waals surface area contributed by atoms with E-state index in [9.17, 15) is 13.2 Å². The summed E-state index contributed by atoms with van der Waals surface area (Å²) >= 11 is 0. The van der Waals surface area contributed by atoms with Gasteiger partial charge in [0, 0.05) is 19.5 Å². The number of nitrogens with zero attached hydrogens (tertiary/aromatic N) is 1. The highest BCUT2D eigenvalue weighted by atomic mass is 32.2. The zero-order valence-electron chi connectivity index (χ0n) is 15.4. The third-order valence-corrected chi connectivity index (χ3v) is 6.12. The summed E-state index contributed by atoms with van der Waals surface area (Å²) in [6.07, 6.45) is 0.829. The molecule has 0 spiro atoms. The van der Waals surface area contributed by atoms with Crippen molar-refractivity contribution in [3.63, 3.8) is 0 Å². The first kappa shape index (κ1) is 19.7. The van der Waals surface area contributed by atoms with Crippen molar-refractivity contribution in [2.45, 2.75) is 51.6 Å². The third kappa shape index (κ3) is 5.19. The summed E-state index contributed by atoms with van der Waals surface area (Å²) < 4.78 is 32.4. The molecule has 0 aliphatic carbocycles. The smallest absolute Gasteiger partial charge is 0.222 e. The molecule has 1 N–H and O–H groups in total. The fourth-order valence-corrected chi connectivity index (χ4v) is 3.82. The first-order valence-corrected chi connectivity index (χ1v) is 10.4. The molecule has 0 aromatic heterocycles. The van der Waals surface area contributed by atoms with E-state index >= 15 is 0 Å². The van der Waals surface area contributed by atoms with Gasteiger partial charge in [-0.15, -0.1) is 0 Å². The Balaban J connectivity index is 2.07. The molecule has 25 heavy (non-hydrogen) atoms. The van der Waals surface area contributed by atoms with Crippen molar-refractivity contribution in [1.29, 1.82) is 0 Å². The number of carbonyl (C=O) groups is 1. The molecule has 1 aliphatic rings. The van der Waals surface area contributed by atoms with E-state index in [1.54, 1.807) is 18.9 Å². The minimum Gasteiger partial charge on any atom is -0.491 e. The van der Waals surface area contributed by atoms with Gasteiger partial charge in [0.05, 0.1) is 11.8 Å². The van der Waals surface area contributed by atoms with Crippen LogP contribution in [0.4, 0.5) is 0 Å². The Hall–Kier alpha value is -1.60. The number of likely N-dealkylation sites (tertiary alicyclic amines) is 1. The van der Waals surface area contributed by atoms with Crippen LogP contribution in [0.25, 0.3) is 0 Å².